The van der Waals surface area contributed by atoms with Gasteiger partial charge in [-0.15, -0.1) is 0 Å². The van der Waals surface area contributed by atoms with Crippen molar-refractivity contribution in [1.29, 1.82) is 0 Å². The zero-order chi connectivity index (χ0) is 22.8. The molecule has 1 aromatic rings. The molecule has 176 valence electrons. The Morgan fingerprint density at radius 1 is 1.03 bits per heavy atom. The first-order chi connectivity index (χ1) is 15.2. The molecule has 0 radical (unpaired) electrons. The third-order valence-corrected chi connectivity index (χ3v) is 7.92. The van der Waals surface area contributed by atoms with Crippen molar-refractivity contribution in [3.8, 4) is 0 Å². The molecule has 2 amide bonds. The largest absolute Gasteiger partial charge is 0.444 e. The summed E-state index contributed by atoms with van der Waals surface area (Å²) in [5.74, 6) is 1.61. The Labute approximate surface area is 193 Å². The SMILES string of the molecule is CC(C)(C)OC(=O)N1CCC(CC(NC(=O)C23CCC(CC2)CC3)c2ccccc2)CC1. The van der Waals surface area contributed by atoms with Crippen LogP contribution in [0.25, 0.3) is 0 Å². The molecule has 0 spiro atoms. The van der Waals surface area contributed by atoms with Gasteiger partial charge in [0, 0.05) is 18.5 Å². The number of hydrogen-bond donors (Lipinski definition) is 1. The average Bonchev–Trinajstić information content (AvgIpc) is 2.80. The van der Waals surface area contributed by atoms with Crippen molar-refractivity contribution in [3.63, 3.8) is 0 Å². The van der Waals surface area contributed by atoms with Gasteiger partial charge in [0.15, 0.2) is 0 Å². The molecule has 5 rings (SSSR count). The summed E-state index contributed by atoms with van der Waals surface area (Å²) in [6, 6.07) is 10.5. The van der Waals surface area contributed by atoms with Crippen molar-refractivity contribution in [3.05, 3.63) is 35.9 Å². The van der Waals surface area contributed by atoms with Crippen LogP contribution in [0.15, 0.2) is 30.3 Å². The van der Waals surface area contributed by atoms with Gasteiger partial charge in [0.25, 0.3) is 0 Å². The number of hydrogen-bond acceptors (Lipinski definition) is 3. The van der Waals surface area contributed by atoms with E-state index in [-0.39, 0.29) is 23.5 Å². The highest BCUT2D eigenvalue weighted by atomic mass is 16.6. The quantitative estimate of drug-likeness (QED) is 0.625. The zero-order valence-electron chi connectivity index (χ0n) is 20.1. The fraction of sp³-hybridized carbons (Fsp3) is 0.704. The van der Waals surface area contributed by atoms with Crippen LogP contribution >= 0.6 is 0 Å². The van der Waals surface area contributed by atoms with Crippen molar-refractivity contribution < 1.29 is 14.3 Å². The van der Waals surface area contributed by atoms with Crippen LogP contribution in [0.4, 0.5) is 4.79 Å². The fourth-order valence-corrected chi connectivity index (χ4v) is 5.88. The number of benzene rings is 1. The number of carbonyl (C=O) groups is 2. The predicted octanol–water partition coefficient (Wildman–Crippen LogP) is 5.85. The van der Waals surface area contributed by atoms with E-state index < -0.39 is 5.60 Å². The fourth-order valence-electron chi connectivity index (χ4n) is 5.88. The second-order valence-corrected chi connectivity index (χ2v) is 11.3. The first-order valence-corrected chi connectivity index (χ1v) is 12.6. The van der Waals surface area contributed by atoms with Crippen molar-refractivity contribution in [1.82, 2.24) is 10.2 Å². The minimum atomic E-state index is -0.464. The number of amides is 2. The second kappa shape index (κ2) is 9.44. The van der Waals surface area contributed by atoms with Gasteiger partial charge in [0.05, 0.1) is 6.04 Å². The van der Waals surface area contributed by atoms with E-state index in [2.05, 4.69) is 29.6 Å². The number of likely N-dealkylation sites (tertiary alicyclic amines) is 1. The first kappa shape index (κ1) is 23.1. The number of carbonyl (C=O) groups excluding carboxylic acids is 2. The lowest BCUT2D eigenvalue weighted by Gasteiger charge is -2.46. The highest BCUT2D eigenvalue weighted by Gasteiger charge is 2.46. The van der Waals surface area contributed by atoms with Crippen LogP contribution in [0.2, 0.25) is 0 Å². The summed E-state index contributed by atoms with van der Waals surface area (Å²) in [6.07, 6.45) is 9.42. The lowest BCUT2D eigenvalue weighted by atomic mass is 9.60. The van der Waals surface area contributed by atoms with Gasteiger partial charge in [0.1, 0.15) is 5.60 Å². The van der Waals surface area contributed by atoms with E-state index >= 15 is 0 Å². The Hall–Kier alpha value is -2.04. The van der Waals surface area contributed by atoms with Gasteiger partial charge in [-0.2, -0.15) is 0 Å². The number of rotatable bonds is 5. The van der Waals surface area contributed by atoms with Crippen molar-refractivity contribution >= 4 is 12.0 Å². The van der Waals surface area contributed by atoms with Crippen LogP contribution in [0, 0.1) is 17.3 Å². The molecule has 1 aliphatic heterocycles. The smallest absolute Gasteiger partial charge is 0.410 e. The zero-order valence-corrected chi connectivity index (χ0v) is 20.1. The van der Waals surface area contributed by atoms with Crippen LogP contribution in [0.3, 0.4) is 0 Å². The Morgan fingerprint density at radius 2 is 1.62 bits per heavy atom. The summed E-state index contributed by atoms with van der Waals surface area (Å²) < 4.78 is 5.54. The normalized spacial score (nSPS) is 27.1. The van der Waals surface area contributed by atoms with E-state index in [9.17, 15) is 9.59 Å². The molecular formula is C27H40N2O3. The number of fused-ring (bicyclic) bond motifs is 3. The summed E-state index contributed by atoms with van der Waals surface area (Å²) in [5.41, 5.74) is 0.590. The molecule has 2 bridgehead atoms. The number of nitrogens with zero attached hydrogens (tertiary/aromatic N) is 1. The second-order valence-electron chi connectivity index (χ2n) is 11.3. The Kier molecular flexibility index (Phi) is 6.83. The molecule has 1 heterocycles. The third-order valence-electron chi connectivity index (χ3n) is 7.92. The van der Waals surface area contributed by atoms with Crippen molar-refractivity contribution in [2.75, 3.05) is 13.1 Å². The molecule has 3 saturated carbocycles. The molecule has 0 aromatic heterocycles. The van der Waals surface area contributed by atoms with E-state index in [1.807, 2.05) is 31.7 Å². The molecule has 4 aliphatic rings. The van der Waals surface area contributed by atoms with Crippen LogP contribution in [-0.2, 0) is 9.53 Å². The lowest BCUT2D eigenvalue weighted by Crippen LogP contribution is -2.48. The summed E-state index contributed by atoms with van der Waals surface area (Å²) >= 11 is 0. The first-order valence-electron chi connectivity index (χ1n) is 12.6. The average molecular weight is 441 g/mol. The lowest BCUT2D eigenvalue weighted by molar-refractivity contribution is -0.138. The topological polar surface area (TPSA) is 58.6 Å². The number of ether oxygens (including phenoxy) is 1. The molecule has 5 nitrogen and oxygen atoms in total. The predicted molar refractivity (Wildman–Crippen MR) is 126 cm³/mol. The molecule has 1 saturated heterocycles. The summed E-state index contributed by atoms with van der Waals surface area (Å²) in [5, 5.41) is 3.49. The Morgan fingerprint density at radius 3 is 2.19 bits per heavy atom. The molecule has 5 heteroatoms. The van der Waals surface area contributed by atoms with Gasteiger partial charge < -0.3 is 15.0 Å². The van der Waals surface area contributed by atoms with Crippen LogP contribution < -0.4 is 5.32 Å². The van der Waals surface area contributed by atoms with Crippen molar-refractivity contribution in [2.24, 2.45) is 17.3 Å². The van der Waals surface area contributed by atoms with Crippen LogP contribution in [0.5, 0.6) is 0 Å². The highest BCUT2D eigenvalue weighted by molar-refractivity contribution is 5.83. The van der Waals surface area contributed by atoms with Gasteiger partial charge in [-0.1, -0.05) is 30.3 Å². The Bertz CT molecular complexity index is 771. The van der Waals surface area contributed by atoms with E-state index in [1.165, 1.54) is 24.8 Å². The van der Waals surface area contributed by atoms with Gasteiger partial charge in [-0.3, -0.25) is 4.79 Å². The maximum absolute atomic E-state index is 13.5. The van der Waals surface area contributed by atoms with E-state index in [0.29, 0.717) is 5.92 Å². The van der Waals surface area contributed by atoms with Crippen molar-refractivity contribution in [2.45, 2.75) is 90.2 Å². The maximum atomic E-state index is 13.5. The van der Waals surface area contributed by atoms with Crippen LogP contribution in [0.1, 0.15) is 90.2 Å². The molecule has 32 heavy (non-hydrogen) atoms. The van der Waals surface area contributed by atoms with Gasteiger partial charge in [-0.05, 0) is 96.0 Å². The number of nitrogens with one attached hydrogen (secondary N) is 1. The third kappa shape index (κ3) is 5.47. The van der Waals surface area contributed by atoms with Gasteiger partial charge in [-0.25, -0.2) is 4.79 Å². The van der Waals surface area contributed by atoms with Crippen LogP contribution in [-0.4, -0.2) is 35.6 Å². The molecular weight excluding hydrogens is 400 g/mol. The maximum Gasteiger partial charge on any atom is 0.410 e. The minimum absolute atomic E-state index is 0.0378. The van der Waals surface area contributed by atoms with E-state index in [1.54, 1.807) is 0 Å². The number of piperidine rings is 1. The summed E-state index contributed by atoms with van der Waals surface area (Å²) in [7, 11) is 0. The van der Waals surface area contributed by atoms with Gasteiger partial charge in [0.2, 0.25) is 5.91 Å². The summed E-state index contributed by atoms with van der Waals surface area (Å²) in [4.78, 5) is 27.7. The Balaban J connectivity index is 1.38. The highest BCUT2D eigenvalue weighted by Crippen LogP contribution is 2.50. The standard InChI is InChI=1S/C27H40N2O3/c1-26(2,3)32-25(31)29-17-12-21(13-18-29)19-23(22-7-5-4-6-8-22)28-24(30)27-14-9-20(10-15-27)11-16-27/h4-8,20-21,23H,9-19H2,1-3H3,(H,28,30). The van der Waals surface area contributed by atoms with Gasteiger partial charge >= 0.3 is 6.09 Å². The monoisotopic (exact) mass is 440 g/mol. The molecule has 3 aliphatic carbocycles. The van der Waals surface area contributed by atoms with E-state index in [4.69, 9.17) is 4.74 Å². The molecule has 4 fully saturated rings. The molecule has 1 atom stereocenters. The molecule has 1 N–H and O–H groups in total. The molecule has 1 aromatic carbocycles. The molecule has 1 unspecified atom stereocenters. The van der Waals surface area contributed by atoms with E-state index in [0.717, 1.165) is 57.5 Å². The summed E-state index contributed by atoms with van der Waals surface area (Å²) in [6.45, 7) is 7.16. The minimum Gasteiger partial charge on any atom is -0.444 e.